The van der Waals surface area contributed by atoms with E-state index < -0.39 is 11.9 Å². The fraction of sp³-hybridized carbons (Fsp3) is 0.636. The Balaban J connectivity index is 1.47. The minimum absolute atomic E-state index is 0.175. The Labute approximate surface area is 167 Å². The number of hydrogen-bond donors (Lipinski definition) is 2. The molecule has 0 radical (unpaired) electrons. The van der Waals surface area contributed by atoms with Gasteiger partial charge in [-0.15, -0.1) is 0 Å². The van der Waals surface area contributed by atoms with Gasteiger partial charge in [0.2, 0.25) is 0 Å². The normalized spacial score (nSPS) is 23.8. The lowest BCUT2D eigenvalue weighted by molar-refractivity contribution is -0.143. The van der Waals surface area contributed by atoms with E-state index >= 15 is 0 Å². The van der Waals surface area contributed by atoms with Crippen molar-refractivity contribution in [1.82, 2.24) is 15.1 Å². The predicted octanol–water partition coefficient (Wildman–Crippen LogP) is 3.31. The van der Waals surface area contributed by atoms with Crippen molar-refractivity contribution in [3.63, 3.8) is 0 Å². The maximum Gasteiger partial charge on any atom is 0.317 e. The summed E-state index contributed by atoms with van der Waals surface area (Å²) in [7, 11) is 0. The standard InChI is InChI=1S/C22H33N3O3/c1-17-12-20(21(26)27)16-25(14-17)22(28)23-13-18-6-8-19(9-7-18)15-24-10-4-2-3-5-11-24/h6-9,17,20H,2-5,10-16H2,1H3,(H,23,28)(H,26,27). The first kappa shape index (κ1) is 20.6. The Hall–Kier alpha value is -2.08. The largest absolute Gasteiger partial charge is 0.481 e. The van der Waals surface area contributed by atoms with Gasteiger partial charge in [0.25, 0.3) is 0 Å². The molecule has 0 saturated carbocycles. The number of benzene rings is 1. The fourth-order valence-corrected chi connectivity index (χ4v) is 4.30. The van der Waals surface area contributed by atoms with Crippen LogP contribution in [0.3, 0.4) is 0 Å². The van der Waals surface area contributed by atoms with Crippen molar-refractivity contribution >= 4 is 12.0 Å². The molecule has 2 fully saturated rings. The first-order valence-electron chi connectivity index (χ1n) is 10.6. The number of carbonyl (C=O) groups is 2. The SMILES string of the molecule is CC1CC(C(=O)O)CN(C(=O)NCc2ccc(CN3CCCCCC3)cc2)C1. The second-order valence-corrected chi connectivity index (χ2v) is 8.45. The molecule has 28 heavy (non-hydrogen) atoms. The summed E-state index contributed by atoms with van der Waals surface area (Å²) in [5.41, 5.74) is 2.37. The number of rotatable bonds is 5. The number of aliphatic carboxylic acids is 1. The lowest BCUT2D eigenvalue weighted by atomic mass is 9.91. The topological polar surface area (TPSA) is 72.9 Å². The van der Waals surface area contributed by atoms with E-state index in [1.807, 2.05) is 6.92 Å². The molecule has 0 bridgehead atoms. The molecule has 0 aliphatic carbocycles. The van der Waals surface area contributed by atoms with Crippen LogP contribution in [0.15, 0.2) is 24.3 Å². The van der Waals surface area contributed by atoms with Crippen molar-refractivity contribution in [3.8, 4) is 0 Å². The Morgan fingerprint density at radius 3 is 2.32 bits per heavy atom. The molecular formula is C22H33N3O3. The van der Waals surface area contributed by atoms with Crippen LogP contribution >= 0.6 is 0 Å². The molecule has 0 aromatic heterocycles. The number of amides is 2. The summed E-state index contributed by atoms with van der Waals surface area (Å²) in [6, 6.07) is 8.27. The van der Waals surface area contributed by atoms with E-state index in [1.54, 1.807) is 4.90 Å². The summed E-state index contributed by atoms with van der Waals surface area (Å²) in [4.78, 5) is 27.9. The minimum atomic E-state index is -0.815. The summed E-state index contributed by atoms with van der Waals surface area (Å²) >= 11 is 0. The summed E-state index contributed by atoms with van der Waals surface area (Å²) in [6.45, 7) is 6.73. The van der Waals surface area contributed by atoms with Crippen LogP contribution < -0.4 is 5.32 Å². The zero-order valence-corrected chi connectivity index (χ0v) is 16.9. The van der Waals surface area contributed by atoms with Crippen LogP contribution in [0.2, 0.25) is 0 Å². The molecule has 1 aromatic carbocycles. The van der Waals surface area contributed by atoms with Crippen molar-refractivity contribution in [3.05, 3.63) is 35.4 Å². The van der Waals surface area contributed by atoms with Crippen molar-refractivity contribution in [2.45, 2.75) is 52.1 Å². The van der Waals surface area contributed by atoms with Crippen LogP contribution in [0.25, 0.3) is 0 Å². The third-order valence-corrected chi connectivity index (χ3v) is 5.87. The van der Waals surface area contributed by atoms with Gasteiger partial charge in [-0.2, -0.15) is 0 Å². The average Bonchev–Trinajstić information content (AvgIpc) is 2.95. The molecule has 1 aromatic rings. The summed E-state index contributed by atoms with van der Waals surface area (Å²) < 4.78 is 0. The number of carbonyl (C=O) groups excluding carboxylic acids is 1. The monoisotopic (exact) mass is 387 g/mol. The number of nitrogens with one attached hydrogen (secondary N) is 1. The Morgan fingerprint density at radius 2 is 1.68 bits per heavy atom. The van der Waals surface area contributed by atoms with Gasteiger partial charge in [-0.25, -0.2) is 4.79 Å². The first-order chi connectivity index (χ1) is 13.5. The van der Waals surface area contributed by atoms with Crippen LogP contribution in [-0.2, 0) is 17.9 Å². The van der Waals surface area contributed by atoms with Crippen LogP contribution in [0.5, 0.6) is 0 Å². The first-order valence-corrected chi connectivity index (χ1v) is 10.6. The van der Waals surface area contributed by atoms with E-state index in [1.165, 1.54) is 44.3 Å². The molecule has 6 nitrogen and oxygen atoms in total. The number of urea groups is 1. The van der Waals surface area contributed by atoms with Crippen molar-refractivity contribution in [2.75, 3.05) is 26.2 Å². The Kier molecular flexibility index (Phi) is 7.31. The molecule has 2 atom stereocenters. The summed E-state index contributed by atoms with van der Waals surface area (Å²) in [5, 5.41) is 12.2. The molecule has 0 spiro atoms. The summed E-state index contributed by atoms with van der Waals surface area (Å²) in [6.07, 6.45) is 5.91. The Morgan fingerprint density at radius 1 is 1.04 bits per heavy atom. The lowest BCUT2D eigenvalue weighted by Crippen LogP contribution is -2.49. The van der Waals surface area contributed by atoms with Crippen LogP contribution in [0.1, 0.15) is 50.2 Å². The van der Waals surface area contributed by atoms with Gasteiger partial charge in [0.15, 0.2) is 0 Å². The highest BCUT2D eigenvalue weighted by molar-refractivity contribution is 5.76. The average molecular weight is 388 g/mol. The number of carboxylic acids is 1. The number of hydrogen-bond acceptors (Lipinski definition) is 3. The highest BCUT2D eigenvalue weighted by Crippen LogP contribution is 2.22. The number of likely N-dealkylation sites (tertiary alicyclic amines) is 2. The van der Waals surface area contributed by atoms with E-state index in [0.29, 0.717) is 26.1 Å². The highest BCUT2D eigenvalue weighted by atomic mass is 16.4. The third kappa shape index (κ3) is 5.96. The summed E-state index contributed by atoms with van der Waals surface area (Å²) in [5.74, 6) is -1.07. The second kappa shape index (κ2) is 9.92. The highest BCUT2D eigenvalue weighted by Gasteiger charge is 2.31. The van der Waals surface area contributed by atoms with Gasteiger partial charge in [0.05, 0.1) is 5.92 Å². The second-order valence-electron chi connectivity index (χ2n) is 8.45. The van der Waals surface area contributed by atoms with E-state index in [0.717, 1.165) is 12.1 Å². The molecule has 2 aliphatic heterocycles. The van der Waals surface area contributed by atoms with Crippen molar-refractivity contribution in [2.24, 2.45) is 11.8 Å². The van der Waals surface area contributed by atoms with Gasteiger partial charge in [0.1, 0.15) is 0 Å². The number of nitrogens with zero attached hydrogens (tertiary/aromatic N) is 2. The van der Waals surface area contributed by atoms with Gasteiger partial charge in [-0.3, -0.25) is 9.69 Å². The minimum Gasteiger partial charge on any atom is -0.481 e. The van der Waals surface area contributed by atoms with Crippen molar-refractivity contribution in [1.29, 1.82) is 0 Å². The maximum atomic E-state index is 12.5. The lowest BCUT2D eigenvalue weighted by Gasteiger charge is -2.34. The zero-order valence-electron chi connectivity index (χ0n) is 16.9. The molecule has 2 unspecified atom stereocenters. The zero-order chi connectivity index (χ0) is 19.9. The van der Waals surface area contributed by atoms with Crippen LogP contribution in [-0.4, -0.2) is 53.1 Å². The van der Waals surface area contributed by atoms with Crippen molar-refractivity contribution < 1.29 is 14.7 Å². The van der Waals surface area contributed by atoms with Gasteiger partial charge in [-0.1, -0.05) is 44.0 Å². The van der Waals surface area contributed by atoms with E-state index in [2.05, 4.69) is 34.5 Å². The molecular weight excluding hydrogens is 354 g/mol. The third-order valence-electron chi connectivity index (χ3n) is 5.87. The maximum absolute atomic E-state index is 12.5. The van der Waals surface area contributed by atoms with Gasteiger partial charge < -0.3 is 15.3 Å². The quantitative estimate of drug-likeness (QED) is 0.813. The van der Waals surface area contributed by atoms with Gasteiger partial charge in [0, 0.05) is 26.2 Å². The molecule has 2 saturated heterocycles. The fourth-order valence-electron chi connectivity index (χ4n) is 4.30. The molecule has 154 valence electrons. The molecule has 6 heteroatoms. The number of piperidine rings is 1. The Bertz CT molecular complexity index is 653. The predicted molar refractivity (Wildman–Crippen MR) is 109 cm³/mol. The molecule has 2 N–H and O–H groups in total. The molecule has 3 rings (SSSR count). The molecule has 2 heterocycles. The van der Waals surface area contributed by atoms with Crippen LogP contribution in [0.4, 0.5) is 4.79 Å². The van der Waals surface area contributed by atoms with E-state index in [9.17, 15) is 14.7 Å². The van der Waals surface area contributed by atoms with E-state index in [4.69, 9.17) is 0 Å². The van der Waals surface area contributed by atoms with Gasteiger partial charge in [-0.05, 0) is 49.4 Å². The molecule has 2 amide bonds. The molecule has 2 aliphatic rings. The smallest absolute Gasteiger partial charge is 0.317 e. The van der Waals surface area contributed by atoms with Gasteiger partial charge >= 0.3 is 12.0 Å². The van der Waals surface area contributed by atoms with E-state index in [-0.39, 0.29) is 11.9 Å². The number of carboxylic acid groups (broad SMARTS) is 1. The van der Waals surface area contributed by atoms with Crippen LogP contribution in [0, 0.1) is 11.8 Å².